The van der Waals surface area contributed by atoms with Crippen LogP contribution in [0, 0.1) is 0 Å². The summed E-state index contributed by atoms with van der Waals surface area (Å²) in [5, 5.41) is 26.9. The van der Waals surface area contributed by atoms with Gasteiger partial charge in [0, 0.05) is 18.3 Å². The highest BCUT2D eigenvalue weighted by Gasteiger charge is 2.16. The fourth-order valence-corrected chi connectivity index (χ4v) is 3.11. The van der Waals surface area contributed by atoms with E-state index in [1.54, 1.807) is 6.07 Å². The Morgan fingerprint density at radius 1 is 1.04 bits per heavy atom. The normalized spacial score (nSPS) is 11.8. The highest BCUT2D eigenvalue weighted by molar-refractivity contribution is 7.85. The van der Waals surface area contributed by atoms with Gasteiger partial charge in [-0.3, -0.25) is 9.35 Å². The highest BCUT2D eigenvalue weighted by Crippen LogP contribution is 2.23. The number of aromatic nitrogens is 2. The van der Waals surface area contributed by atoms with Crippen LogP contribution in [0.3, 0.4) is 0 Å². The quantitative estimate of drug-likeness (QED) is 0.437. The van der Waals surface area contributed by atoms with Crippen LogP contribution in [0.15, 0.2) is 69.9 Å². The maximum Gasteiger partial charge on any atom is 0.294 e. The molecular formula is C17H14N4O6S. The van der Waals surface area contributed by atoms with Gasteiger partial charge >= 0.3 is 0 Å². The number of carbonyl (C=O) groups excluding carboxylic acids is 1. The van der Waals surface area contributed by atoms with Gasteiger partial charge in [-0.1, -0.05) is 18.2 Å². The second-order valence-corrected chi connectivity index (χ2v) is 6.97. The van der Waals surface area contributed by atoms with E-state index in [-0.39, 0.29) is 28.4 Å². The lowest BCUT2D eigenvalue weighted by atomic mass is 10.2. The Morgan fingerprint density at radius 3 is 2.32 bits per heavy atom. The number of hydrogen-bond donors (Lipinski definition) is 3. The summed E-state index contributed by atoms with van der Waals surface area (Å²) in [7, 11) is -4.37. The van der Waals surface area contributed by atoms with E-state index in [2.05, 4.69) is 15.2 Å². The van der Waals surface area contributed by atoms with E-state index < -0.39 is 27.8 Å². The predicted molar refractivity (Wildman–Crippen MR) is 96.2 cm³/mol. The summed E-state index contributed by atoms with van der Waals surface area (Å²) in [6.45, 7) is -0.108. The molecule has 3 aromatic rings. The van der Waals surface area contributed by atoms with Gasteiger partial charge in [-0.25, -0.2) is 9.55 Å². The van der Waals surface area contributed by atoms with Crippen LogP contribution in [0.2, 0.25) is 0 Å². The molecule has 0 saturated heterocycles. The highest BCUT2D eigenvalue weighted by atomic mass is 32.2. The van der Waals surface area contributed by atoms with E-state index in [0.717, 1.165) is 0 Å². The van der Waals surface area contributed by atoms with E-state index in [1.165, 1.54) is 48.7 Å². The predicted octanol–water partition coefficient (Wildman–Crippen LogP) is 2.51. The zero-order chi connectivity index (χ0) is 20.3. The third-order valence-corrected chi connectivity index (χ3v) is 4.66. The van der Waals surface area contributed by atoms with E-state index in [9.17, 15) is 28.0 Å². The van der Waals surface area contributed by atoms with Crippen molar-refractivity contribution in [2.45, 2.75) is 11.4 Å². The molecule has 2 aromatic heterocycles. The van der Waals surface area contributed by atoms with Gasteiger partial charge in [0.1, 0.15) is 0 Å². The monoisotopic (exact) mass is 402 g/mol. The lowest BCUT2D eigenvalue weighted by Crippen LogP contribution is -2.11. The second-order valence-electron chi connectivity index (χ2n) is 5.58. The van der Waals surface area contributed by atoms with Crippen LogP contribution < -0.4 is 0 Å². The Morgan fingerprint density at radius 2 is 1.71 bits per heavy atom. The smallest absolute Gasteiger partial charge is 0.294 e. The number of hydrogen-bond acceptors (Lipinski definition) is 8. The molecule has 0 aliphatic heterocycles. The molecule has 0 atom stereocenters. The summed E-state index contributed by atoms with van der Waals surface area (Å²) < 4.78 is 32.6. The van der Waals surface area contributed by atoms with Crippen molar-refractivity contribution in [3.63, 3.8) is 0 Å². The van der Waals surface area contributed by atoms with Gasteiger partial charge in [0.2, 0.25) is 11.8 Å². The number of carbonyl (C=O) groups is 1. The fraction of sp³-hybridized carbons (Fsp3) is 0.0588. The summed E-state index contributed by atoms with van der Waals surface area (Å²) in [6.07, 6.45) is 1.20. The Labute approximate surface area is 159 Å². The minimum Gasteiger partial charge on any atom is -0.494 e. The van der Waals surface area contributed by atoms with Crippen LogP contribution in [0.4, 0.5) is 5.82 Å². The Balaban J connectivity index is 1.74. The molecule has 0 bridgehead atoms. The first-order valence-corrected chi connectivity index (χ1v) is 9.24. The van der Waals surface area contributed by atoms with Gasteiger partial charge in [-0.05, 0) is 23.8 Å². The molecule has 0 saturated carbocycles. The minimum atomic E-state index is -4.37. The third-order valence-electron chi connectivity index (χ3n) is 3.70. The van der Waals surface area contributed by atoms with Crippen molar-refractivity contribution in [1.29, 1.82) is 0 Å². The summed E-state index contributed by atoms with van der Waals surface area (Å²) in [5.74, 6) is -1.35. The van der Waals surface area contributed by atoms with Crippen molar-refractivity contribution >= 4 is 21.8 Å². The van der Waals surface area contributed by atoms with Gasteiger partial charge in [-0.15, -0.1) is 5.11 Å². The molecule has 0 radical (unpaired) electrons. The first kappa shape index (κ1) is 19.2. The van der Waals surface area contributed by atoms with Gasteiger partial charge in [0.25, 0.3) is 16.0 Å². The molecule has 0 amide bonds. The third kappa shape index (κ3) is 4.05. The molecule has 11 heteroatoms. The average molecular weight is 402 g/mol. The first-order chi connectivity index (χ1) is 13.3. The molecule has 10 nitrogen and oxygen atoms in total. The van der Waals surface area contributed by atoms with E-state index >= 15 is 0 Å². The van der Waals surface area contributed by atoms with E-state index in [0.29, 0.717) is 4.57 Å². The number of rotatable bonds is 5. The van der Waals surface area contributed by atoms with Crippen molar-refractivity contribution in [3.8, 4) is 11.8 Å². The second kappa shape index (κ2) is 7.58. The Hall–Kier alpha value is -3.57. The standard InChI is InChI=1S/C17H14N4O6S/c22-15-7-8-16(23)21(15)17(24)12-5-6-14(18-9-12)20-19-10-11-3-1-2-4-13(11)28(25,26)27/h1-9,22-23H,10H2,(H,25,26,27). The van der Waals surface area contributed by atoms with Gasteiger partial charge in [0.15, 0.2) is 5.82 Å². The Bertz CT molecular complexity index is 1130. The van der Waals surface area contributed by atoms with Gasteiger partial charge in [0.05, 0.1) is 17.0 Å². The summed E-state index contributed by atoms with van der Waals surface area (Å²) >= 11 is 0. The van der Waals surface area contributed by atoms with Crippen molar-refractivity contribution in [2.75, 3.05) is 0 Å². The molecule has 1 aromatic carbocycles. The zero-order valence-electron chi connectivity index (χ0n) is 14.2. The van der Waals surface area contributed by atoms with Gasteiger partial charge < -0.3 is 10.2 Å². The minimum absolute atomic E-state index is 0.0949. The molecule has 0 unspecified atom stereocenters. The summed E-state index contributed by atoms with van der Waals surface area (Å²) in [4.78, 5) is 15.9. The molecule has 3 rings (SSSR count). The Kier molecular flexibility index (Phi) is 5.20. The van der Waals surface area contributed by atoms with Crippen molar-refractivity contribution < 1.29 is 28.0 Å². The summed E-state index contributed by atoms with van der Waals surface area (Å²) in [5.41, 5.74) is 0.358. The molecule has 3 N–H and O–H groups in total. The number of nitrogens with zero attached hydrogens (tertiary/aromatic N) is 4. The van der Waals surface area contributed by atoms with Crippen molar-refractivity contribution in [1.82, 2.24) is 9.55 Å². The number of aromatic hydroxyl groups is 2. The molecule has 0 fully saturated rings. The lowest BCUT2D eigenvalue weighted by Gasteiger charge is -2.05. The van der Waals surface area contributed by atoms with Crippen LogP contribution in [0.1, 0.15) is 15.9 Å². The SMILES string of the molecule is O=C(c1ccc(N=NCc2ccccc2S(=O)(=O)O)nc1)n1c(O)ccc1O. The largest absolute Gasteiger partial charge is 0.494 e. The number of azo groups is 1. The van der Waals surface area contributed by atoms with E-state index in [4.69, 9.17) is 0 Å². The fourth-order valence-electron chi connectivity index (χ4n) is 2.39. The average Bonchev–Trinajstić information content (AvgIpc) is 3.00. The topological polar surface area (TPSA) is 154 Å². The maximum absolute atomic E-state index is 12.3. The van der Waals surface area contributed by atoms with Crippen LogP contribution in [0.25, 0.3) is 0 Å². The zero-order valence-corrected chi connectivity index (χ0v) is 15.0. The van der Waals surface area contributed by atoms with Crippen molar-refractivity contribution in [2.24, 2.45) is 10.2 Å². The van der Waals surface area contributed by atoms with Crippen molar-refractivity contribution in [3.05, 3.63) is 65.9 Å². The molecule has 0 aliphatic carbocycles. The molecule has 2 heterocycles. The number of benzene rings is 1. The molecule has 28 heavy (non-hydrogen) atoms. The first-order valence-electron chi connectivity index (χ1n) is 7.80. The summed E-state index contributed by atoms with van der Waals surface area (Å²) in [6, 6.07) is 10.9. The molecule has 144 valence electrons. The van der Waals surface area contributed by atoms with Crippen LogP contribution in [0.5, 0.6) is 11.8 Å². The van der Waals surface area contributed by atoms with Crippen LogP contribution >= 0.6 is 0 Å². The molecular weight excluding hydrogens is 388 g/mol. The maximum atomic E-state index is 12.3. The number of pyridine rings is 1. The van der Waals surface area contributed by atoms with Crippen LogP contribution in [-0.4, -0.2) is 38.6 Å². The van der Waals surface area contributed by atoms with Crippen LogP contribution in [-0.2, 0) is 16.7 Å². The lowest BCUT2D eigenvalue weighted by molar-refractivity contribution is 0.0941. The molecule has 0 aliphatic rings. The van der Waals surface area contributed by atoms with Gasteiger partial charge in [-0.2, -0.15) is 13.5 Å². The molecule has 0 spiro atoms. The van der Waals surface area contributed by atoms with E-state index in [1.807, 2.05) is 0 Å².